The Balaban J connectivity index is 1.84. The maximum atomic E-state index is 14.5. The number of sulfonamides is 1. The molecule has 0 aliphatic carbocycles. The molecule has 4 aromatic rings. The van der Waals surface area contributed by atoms with E-state index in [0.717, 1.165) is 21.0 Å². The zero-order chi connectivity index (χ0) is 32.4. The molecule has 9 nitrogen and oxygen atoms in total. The number of carbonyl (C=O) groups is 2. The van der Waals surface area contributed by atoms with Gasteiger partial charge < -0.3 is 19.7 Å². The molecule has 4 aromatic carbocycles. The first kappa shape index (κ1) is 33.1. The lowest BCUT2D eigenvalue weighted by Crippen LogP contribution is -2.53. The van der Waals surface area contributed by atoms with Crippen molar-refractivity contribution in [2.24, 2.45) is 0 Å². The maximum Gasteiger partial charge on any atom is 0.264 e. The van der Waals surface area contributed by atoms with Crippen LogP contribution in [-0.4, -0.2) is 58.5 Å². The van der Waals surface area contributed by atoms with Gasteiger partial charge in [0.25, 0.3) is 10.0 Å². The lowest BCUT2D eigenvalue weighted by Gasteiger charge is -2.34. The number of nitrogens with one attached hydrogen (secondary N) is 1. The van der Waals surface area contributed by atoms with Gasteiger partial charge in [-0.2, -0.15) is 0 Å². The number of likely N-dealkylation sites (N-methyl/N-ethyl adjacent to an activating group) is 1. The van der Waals surface area contributed by atoms with Crippen molar-refractivity contribution in [3.8, 4) is 11.5 Å². The average Bonchev–Trinajstić information content (AvgIpc) is 3.06. The van der Waals surface area contributed by atoms with Crippen LogP contribution in [0.3, 0.4) is 0 Å². The summed E-state index contributed by atoms with van der Waals surface area (Å²) < 4.78 is 40.4. The fraction of sp³-hybridized carbons (Fsp3) is 0.257. The third-order valence-electron chi connectivity index (χ3n) is 7.36. The van der Waals surface area contributed by atoms with E-state index in [1.165, 1.54) is 37.3 Å². The minimum Gasteiger partial charge on any atom is -0.497 e. The van der Waals surface area contributed by atoms with Gasteiger partial charge in [-0.25, -0.2) is 8.42 Å². The van der Waals surface area contributed by atoms with Crippen LogP contribution in [0.2, 0.25) is 0 Å². The number of ether oxygens (including phenoxy) is 2. The van der Waals surface area contributed by atoms with Gasteiger partial charge in [0.1, 0.15) is 24.1 Å². The Kier molecular flexibility index (Phi) is 11.2. The molecule has 4 rings (SSSR count). The van der Waals surface area contributed by atoms with Crippen molar-refractivity contribution in [3.05, 3.63) is 120 Å². The van der Waals surface area contributed by atoms with Crippen LogP contribution in [0, 0.1) is 6.92 Å². The van der Waals surface area contributed by atoms with E-state index in [-0.39, 0.29) is 35.2 Å². The third kappa shape index (κ3) is 8.21. The largest absolute Gasteiger partial charge is 0.497 e. The topological polar surface area (TPSA) is 105 Å². The van der Waals surface area contributed by atoms with E-state index in [1.54, 1.807) is 30.3 Å². The van der Waals surface area contributed by atoms with Gasteiger partial charge in [0.15, 0.2) is 0 Å². The Morgan fingerprint density at radius 1 is 0.822 bits per heavy atom. The van der Waals surface area contributed by atoms with Crippen molar-refractivity contribution in [2.75, 3.05) is 31.6 Å². The highest BCUT2D eigenvalue weighted by Gasteiger charge is 2.35. The summed E-state index contributed by atoms with van der Waals surface area (Å²) >= 11 is 0. The molecule has 236 valence electrons. The standard InChI is InChI=1S/C35H39N3O6S/c1-5-36-35(40)32(22-27-12-8-6-9-13-27)37(24-28-18-16-26(2)17-19-28)34(39)25-38(45(41,42)30-14-10-7-11-15-30)31-23-29(43-3)20-21-33(31)44-4/h6-21,23,32H,5,22,24-25H2,1-4H3,(H,36,40). The number of hydrogen-bond donors (Lipinski definition) is 1. The summed E-state index contributed by atoms with van der Waals surface area (Å²) in [5, 5.41) is 2.87. The second kappa shape index (κ2) is 15.3. The van der Waals surface area contributed by atoms with Crippen molar-refractivity contribution in [1.29, 1.82) is 0 Å². The Hall–Kier alpha value is -4.83. The lowest BCUT2D eigenvalue weighted by atomic mass is 10.0. The molecule has 1 atom stereocenters. The summed E-state index contributed by atoms with van der Waals surface area (Å²) in [6.07, 6.45) is 0.234. The van der Waals surface area contributed by atoms with Gasteiger partial charge in [-0.3, -0.25) is 13.9 Å². The second-order valence-corrected chi connectivity index (χ2v) is 12.3. The highest BCUT2D eigenvalue weighted by Crippen LogP contribution is 2.36. The minimum absolute atomic E-state index is 0.00248. The Labute approximate surface area is 265 Å². The van der Waals surface area contributed by atoms with E-state index >= 15 is 0 Å². The summed E-state index contributed by atoms with van der Waals surface area (Å²) in [5.74, 6) is -0.282. The zero-order valence-electron chi connectivity index (χ0n) is 26.0. The highest BCUT2D eigenvalue weighted by molar-refractivity contribution is 7.92. The Morgan fingerprint density at radius 3 is 2.07 bits per heavy atom. The third-order valence-corrected chi connectivity index (χ3v) is 9.13. The highest BCUT2D eigenvalue weighted by atomic mass is 32.2. The summed E-state index contributed by atoms with van der Waals surface area (Å²) in [5.41, 5.74) is 2.83. The maximum absolute atomic E-state index is 14.5. The number of amides is 2. The number of nitrogens with zero attached hydrogens (tertiary/aromatic N) is 2. The molecule has 0 aliphatic rings. The van der Waals surface area contributed by atoms with Crippen molar-refractivity contribution in [2.45, 2.75) is 37.8 Å². The number of anilines is 1. The van der Waals surface area contributed by atoms with Crippen molar-refractivity contribution < 1.29 is 27.5 Å². The zero-order valence-corrected chi connectivity index (χ0v) is 26.8. The number of hydrogen-bond acceptors (Lipinski definition) is 6. The summed E-state index contributed by atoms with van der Waals surface area (Å²) in [6.45, 7) is 3.63. The Morgan fingerprint density at radius 2 is 1.47 bits per heavy atom. The molecule has 0 bridgehead atoms. The predicted octanol–water partition coefficient (Wildman–Crippen LogP) is 4.98. The molecule has 2 amide bonds. The van der Waals surface area contributed by atoms with E-state index in [4.69, 9.17) is 9.47 Å². The summed E-state index contributed by atoms with van der Waals surface area (Å²) in [4.78, 5) is 29.6. The fourth-order valence-electron chi connectivity index (χ4n) is 4.96. The van der Waals surface area contributed by atoms with Crippen molar-refractivity contribution in [3.63, 3.8) is 0 Å². The smallest absolute Gasteiger partial charge is 0.264 e. The molecule has 10 heteroatoms. The van der Waals surface area contributed by atoms with Crippen LogP contribution in [0.4, 0.5) is 5.69 Å². The molecule has 0 radical (unpaired) electrons. The quantitative estimate of drug-likeness (QED) is 0.211. The molecule has 0 saturated carbocycles. The van der Waals surface area contributed by atoms with Crippen LogP contribution < -0.4 is 19.1 Å². The van der Waals surface area contributed by atoms with Gasteiger partial charge in [0.2, 0.25) is 11.8 Å². The lowest BCUT2D eigenvalue weighted by molar-refractivity contribution is -0.140. The molecule has 1 unspecified atom stereocenters. The molecule has 1 N–H and O–H groups in total. The van der Waals surface area contributed by atoms with Gasteiger partial charge >= 0.3 is 0 Å². The van der Waals surface area contributed by atoms with Crippen LogP contribution in [-0.2, 0) is 32.6 Å². The molecular formula is C35H39N3O6S. The van der Waals surface area contributed by atoms with Gasteiger partial charge in [-0.1, -0.05) is 78.4 Å². The van der Waals surface area contributed by atoms with E-state index in [1.807, 2.05) is 68.4 Å². The van der Waals surface area contributed by atoms with Gasteiger partial charge in [-0.15, -0.1) is 0 Å². The first-order chi connectivity index (χ1) is 21.7. The van der Waals surface area contributed by atoms with E-state index in [0.29, 0.717) is 12.3 Å². The summed E-state index contributed by atoms with van der Waals surface area (Å²) in [7, 11) is -1.39. The molecule has 0 heterocycles. The molecule has 0 aromatic heterocycles. The monoisotopic (exact) mass is 629 g/mol. The number of benzene rings is 4. The van der Waals surface area contributed by atoms with Gasteiger partial charge in [0, 0.05) is 25.6 Å². The van der Waals surface area contributed by atoms with Gasteiger partial charge in [0.05, 0.1) is 24.8 Å². The van der Waals surface area contributed by atoms with Crippen LogP contribution in [0.25, 0.3) is 0 Å². The molecule has 0 aliphatic heterocycles. The van der Waals surface area contributed by atoms with Crippen molar-refractivity contribution in [1.82, 2.24) is 10.2 Å². The molecule has 45 heavy (non-hydrogen) atoms. The second-order valence-electron chi connectivity index (χ2n) is 10.5. The van der Waals surface area contributed by atoms with E-state index in [2.05, 4.69) is 5.32 Å². The van der Waals surface area contributed by atoms with E-state index < -0.39 is 28.5 Å². The van der Waals surface area contributed by atoms with Crippen LogP contribution in [0.5, 0.6) is 11.5 Å². The van der Waals surface area contributed by atoms with Crippen molar-refractivity contribution >= 4 is 27.5 Å². The number of aryl methyl sites for hydroxylation is 1. The molecular weight excluding hydrogens is 590 g/mol. The first-order valence-corrected chi connectivity index (χ1v) is 16.1. The number of methoxy groups -OCH3 is 2. The molecule has 0 saturated heterocycles. The van der Waals surface area contributed by atoms with Crippen LogP contribution in [0.15, 0.2) is 108 Å². The Bertz CT molecular complexity index is 1680. The molecule has 0 fully saturated rings. The normalized spacial score (nSPS) is 11.7. The minimum atomic E-state index is -4.28. The van der Waals surface area contributed by atoms with E-state index in [9.17, 15) is 18.0 Å². The number of rotatable bonds is 14. The van der Waals surface area contributed by atoms with Gasteiger partial charge in [-0.05, 0) is 49.2 Å². The fourth-order valence-corrected chi connectivity index (χ4v) is 6.40. The SMILES string of the molecule is CCNC(=O)C(Cc1ccccc1)N(Cc1ccc(C)cc1)C(=O)CN(c1cc(OC)ccc1OC)S(=O)(=O)c1ccccc1. The first-order valence-electron chi connectivity index (χ1n) is 14.6. The van der Waals surface area contributed by atoms with Crippen LogP contribution >= 0.6 is 0 Å². The average molecular weight is 630 g/mol. The van der Waals surface area contributed by atoms with Crippen LogP contribution in [0.1, 0.15) is 23.6 Å². The number of carbonyl (C=O) groups excluding carboxylic acids is 2. The summed E-state index contributed by atoms with van der Waals surface area (Å²) in [6, 6.07) is 28.8. The predicted molar refractivity (Wildman–Crippen MR) is 175 cm³/mol. The molecule has 0 spiro atoms.